The minimum absolute atomic E-state index is 0.215. The third kappa shape index (κ3) is 4.65. The van der Waals surface area contributed by atoms with E-state index in [0.29, 0.717) is 22.9 Å². The summed E-state index contributed by atoms with van der Waals surface area (Å²) >= 11 is 1.44. The van der Waals surface area contributed by atoms with E-state index in [0.717, 1.165) is 35.3 Å². The second-order valence-corrected chi connectivity index (χ2v) is 8.00. The molecular formula is C22H20FN3O3S. The molecule has 1 aliphatic rings. The number of aryl methyl sites for hydroxylation is 1. The molecule has 4 rings (SSSR count). The van der Waals surface area contributed by atoms with Crippen molar-refractivity contribution in [3.63, 3.8) is 0 Å². The summed E-state index contributed by atoms with van der Waals surface area (Å²) in [6, 6.07) is 9.15. The first-order valence-electron chi connectivity index (χ1n) is 9.60. The third-order valence-corrected chi connectivity index (χ3v) is 5.97. The predicted octanol–water partition coefficient (Wildman–Crippen LogP) is 3.72. The van der Waals surface area contributed by atoms with Gasteiger partial charge in [0.25, 0.3) is 11.8 Å². The van der Waals surface area contributed by atoms with E-state index in [4.69, 9.17) is 4.74 Å². The molecule has 8 heteroatoms. The summed E-state index contributed by atoms with van der Waals surface area (Å²) < 4.78 is 18.4. The molecule has 6 nitrogen and oxygen atoms in total. The molecule has 1 aromatic carbocycles. The molecule has 2 amide bonds. The Morgan fingerprint density at radius 3 is 2.77 bits per heavy atom. The SMILES string of the molecule is O=C(COc1ccc(F)cc1)Nc1sc2c(c1C(=O)NCc1cccnc1)CCC2. The standard InChI is InChI=1S/C22H20FN3O3S/c23-15-6-8-16(9-7-15)29-13-19(27)26-22-20(17-4-1-5-18(17)30-22)21(28)25-12-14-3-2-10-24-11-14/h2-3,6-11H,1,4-5,12-13H2,(H,25,28)(H,26,27). The van der Waals surface area contributed by atoms with Crippen molar-refractivity contribution in [1.29, 1.82) is 0 Å². The van der Waals surface area contributed by atoms with Crippen LogP contribution in [-0.2, 0) is 24.2 Å². The smallest absolute Gasteiger partial charge is 0.262 e. The minimum Gasteiger partial charge on any atom is -0.484 e. The fourth-order valence-corrected chi connectivity index (χ4v) is 4.65. The summed E-state index contributed by atoms with van der Waals surface area (Å²) in [5.41, 5.74) is 2.45. The summed E-state index contributed by atoms with van der Waals surface area (Å²) in [6.45, 7) is 0.128. The lowest BCUT2D eigenvalue weighted by molar-refractivity contribution is -0.118. The van der Waals surface area contributed by atoms with E-state index in [-0.39, 0.29) is 24.2 Å². The van der Waals surface area contributed by atoms with E-state index in [2.05, 4.69) is 15.6 Å². The maximum absolute atomic E-state index is 13.0. The Bertz CT molecular complexity index is 1050. The van der Waals surface area contributed by atoms with Crippen LogP contribution in [0.3, 0.4) is 0 Å². The number of aromatic nitrogens is 1. The zero-order chi connectivity index (χ0) is 20.9. The summed E-state index contributed by atoms with van der Waals surface area (Å²) in [5, 5.41) is 6.26. The molecular weight excluding hydrogens is 405 g/mol. The lowest BCUT2D eigenvalue weighted by Crippen LogP contribution is -2.26. The number of nitrogens with one attached hydrogen (secondary N) is 2. The largest absolute Gasteiger partial charge is 0.484 e. The highest BCUT2D eigenvalue weighted by molar-refractivity contribution is 7.17. The molecule has 0 bridgehead atoms. The Morgan fingerprint density at radius 1 is 1.17 bits per heavy atom. The minimum atomic E-state index is -0.374. The Balaban J connectivity index is 1.43. The Labute approximate surface area is 177 Å². The summed E-state index contributed by atoms with van der Waals surface area (Å²) in [7, 11) is 0. The molecule has 2 aromatic heterocycles. The molecule has 2 heterocycles. The fourth-order valence-electron chi connectivity index (χ4n) is 3.35. The first kappa shape index (κ1) is 20.0. The van der Waals surface area contributed by atoms with Crippen molar-refractivity contribution < 1.29 is 18.7 Å². The molecule has 3 aromatic rings. The van der Waals surface area contributed by atoms with E-state index in [1.165, 1.54) is 35.6 Å². The number of fused-ring (bicyclic) bond motifs is 1. The lowest BCUT2D eigenvalue weighted by Gasteiger charge is -2.10. The van der Waals surface area contributed by atoms with Gasteiger partial charge in [0.2, 0.25) is 0 Å². The van der Waals surface area contributed by atoms with Crippen molar-refractivity contribution in [2.24, 2.45) is 0 Å². The number of rotatable bonds is 7. The van der Waals surface area contributed by atoms with Gasteiger partial charge in [0.15, 0.2) is 6.61 Å². The Hall–Kier alpha value is -3.26. The molecule has 30 heavy (non-hydrogen) atoms. The average molecular weight is 425 g/mol. The average Bonchev–Trinajstić information content (AvgIpc) is 3.33. The number of halogens is 1. The number of ether oxygens (including phenoxy) is 1. The van der Waals surface area contributed by atoms with Crippen LogP contribution in [0.1, 0.15) is 32.8 Å². The van der Waals surface area contributed by atoms with Gasteiger partial charge in [0.1, 0.15) is 16.6 Å². The van der Waals surface area contributed by atoms with Crippen molar-refractivity contribution in [3.05, 3.63) is 76.2 Å². The van der Waals surface area contributed by atoms with Crippen LogP contribution in [0.2, 0.25) is 0 Å². The zero-order valence-corrected chi connectivity index (χ0v) is 16.9. The quantitative estimate of drug-likeness (QED) is 0.605. The number of nitrogens with zero attached hydrogens (tertiary/aromatic N) is 1. The molecule has 0 spiro atoms. The molecule has 0 saturated heterocycles. The van der Waals surface area contributed by atoms with Gasteiger partial charge in [-0.1, -0.05) is 6.07 Å². The van der Waals surface area contributed by atoms with Crippen molar-refractivity contribution in [2.75, 3.05) is 11.9 Å². The molecule has 0 unspecified atom stereocenters. The number of pyridine rings is 1. The van der Waals surface area contributed by atoms with E-state index >= 15 is 0 Å². The third-order valence-electron chi connectivity index (χ3n) is 4.76. The van der Waals surface area contributed by atoms with E-state index < -0.39 is 0 Å². The van der Waals surface area contributed by atoms with Gasteiger partial charge in [0.05, 0.1) is 5.56 Å². The molecule has 0 fully saturated rings. The van der Waals surface area contributed by atoms with Crippen LogP contribution in [0.15, 0.2) is 48.8 Å². The first-order valence-corrected chi connectivity index (χ1v) is 10.4. The lowest BCUT2D eigenvalue weighted by atomic mass is 10.1. The Kier molecular flexibility index (Phi) is 6.04. The summed E-state index contributed by atoms with van der Waals surface area (Å²) in [5.74, 6) is -0.565. The van der Waals surface area contributed by atoms with Gasteiger partial charge in [-0.2, -0.15) is 0 Å². The summed E-state index contributed by atoms with van der Waals surface area (Å²) in [6.07, 6.45) is 6.12. The number of carbonyl (C=O) groups excluding carboxylic acids is 2. The topological polar surface area (TPSA) is 80.3 Å². The Morgan fingerprint density at radius 2 is 2.00 bits per heavy atom. The van der Waals surface area contributed by atoms with Gasteiger partial charge in [-0.05, 0) is 60.7 Å². The van der Waals surface area contributed by atoms with Crippen LogP contribution in [0.5, 0.6) is 5.75 Å². The van der Waals surface area contributed by atoms with Gasteiger partial charge in [-0.15, -0.1) is 11.3 Å². The van der Waals surface area contributed by atoms with E-state index in [9.17, 15) is 14.0 Å². The van der Waals surface area contributed by atoms with Gasteiger partial charge in [0, 0.05) is 23.8 Å². The van der Waals surface area contributed by atoms with Crippen LogP contribution in [0.25, 0.3) is 0 Å². The normalized spacial score (nSPS) is 12.3. The maximum Gasteiger partial charge on any atom is 0.262 e. The second kappa shape index (κ2) is 9.04. The zero-order valence-electron chi connectivity index (χ0n) is 16.1. The molecule has 2 N–H and O–H groups in total. The number of carbonyl (C=O) groups is 2. The maximum atomic E-state index is 13.0. The molecule has 0 radical (unpaired) electrons. The molecule has 0 atom stereocenters. The van der Waals surface area contributed by atoms with Gasteiger partial charge in [-0.25, -0.2) is 4.39 Å². The van der Waals surface area contributed by atoms with Crippen LogP contribution in [-0.4, -0.2) is 23.4 Å². The highest BCUT2D eigenvalue weighted by Crippen LogP contribution is 2.39. The summed E-state index contributed by atoms with van der Waals surface area (Å²) in [4.78, 5) is 30.5. The van der Waals surface area contributed by atoms with Crippen molar-refractivity contribution in [3.8, 4) is 5.75 Å². The van der Waals surface area contributed by atoms with Gasteiger partial charge in [-0.3, -0.25) is 14.6 Å². The van der Waals surface area contributed by atoms with E-state index in [1.807, 2.05) is 12.1 Å². The predicted molar refractivity (Wildman–Crippen MR) is 112 cm³/mol. The second-order valence-electron chi connectivity index (χ2n) is 6.90. The number of anilines is 1. The first-order chi connectivity index (χ1) is 14.6. The van der Waals surface area contributed by atoms with Crippen LogP contribution in [0, 0.1) is 5.82 Å². The number of thiophene rings is 1. The molecule has 154 valence electrons. The molecule has 1 aliphatic carbocycles. The fraction of sp³-hybridized carbons (Fsp3) is 0.227. The van der Waals surface area contributed by atoms with Crippen molar-refractivity contribution in [2.45, 2.75) is 25.8 Å². The van der Waals surface area contributed by atoms with Crippen LogP contribution < -0.4 is 15.4 Å². The van der Waals surface area contributed by atoms with Gasteiger partial charge < -0.3 is 15.4 Å². The number of benzene rings is 1. The van der Waals surface area contributed by atoms with Crippen molar-refractivity contribution in [1.82, 2.24) is 10.3 Å². The van der Waals surface area contributed by atoms with Crippen molar-refractivity contribution >= 4 is 28.2 Å². The number of hydrogen-bond donors (Lipinski definition) is 2. The monoisotopic (exact) mass is 425 g/mol. The van der Waals surface area contributed by atoms with Gasteiger partial charge >= 0.3 is 0 Å². The number of amides is 2. The van der Waals surface area contributed by atoms with Crippen LogP contribution >= 0.6 is 11.3 Å². The molecule has 0 saturated carbocycles. The molecule has 0 aliphatic heterocycles. The number of hydrogen-bond acceptors (Lipinski definition) is 5. The highest BCUT2D eigenvalue weighted by atomic mass is 32.1. The highest BCUT2D eigenvalue weighted by Gasteiger charge is 2.27. The van der Waals surface area contributed by atoms with Crippen LogP contribution in [0.4, 0.5) is 9.39 Å². The van der Waals surface area contributed by atoms with E-state index in [1.54, 1.807) is 12.4 Å².